The van der Waals surface area contributed by atoms with Crippen molar-refractivity contribution in [2.75, 3.05) is 42.5 Å². The lowest BCUT2D eigenvalue weighted by Crippen LogP contribution is -2.47. The number of carbonyl (C=O) groups excluding carboxylic acids is 1. The summed E-state index contributed by atoms with van der Waals surface area (Å²) in [6.07, 6.45) is 5.25. The summed E-state index contributed by atoms with van der Waals surface area (Å²) in [5.74, 6) is 0.138. The molecule has 1 amide bonds. The lowest BCUT2D eigenvalue weighted by molar-refractivity contribution is -0.122. The normalized spacial score (nSPS) is 17.5. The van der Waals surface area contributed by atoms with Gasteiger partial charge >= 0.3 is 0 Å². The second kappa shape index (κ2) is 10.6. The van der Waals surface area contributed by atoms with Gasteiger partial charge < -0.3 is 9.80 Å². The van der Waals surface area contributed by atoms with Gasteiger partial charge in [0.2, 0.25) is 0 Å². The number of benzene rings is 1. The molecule has 0 bridgehead atoms. The van der Waals surface area contributed by atoms with Crippen LogP contribution in [0.4, 0.5) is 15.9 Å². The molecule has 7 nitrogen and oxygen atoms in total. The molecule has 0 N–H and O–H groups in total. The van der Waals surface area contributed by atoms with Gasteiger partial charge in [-0.1, -0.05) is 43.4 Å². The summed E-state index contributed by atoms with van der Waals surface area (Å²) < 4.78 is 15.4. The van der Waals surface area contributed by atoms with Gasteiger partial charge in [0.05, 0.1) is 10.5 Å². The van der Waals surface area contributed by atoms with Crippen molar-refractivity contribution in [2.24, 2.45) is 0 Å². The third-order valence-electron chi connectivity index (χ3n) is 6.64. The summed E-state index contributed by atoms with van der Waals surface area (Å²) in [6, 6.07) is 10.2. The SMILES string of the molecule is CCCCN1C(=O)/C(=C/c2c(N3CCN(c4ccc(F)cc4)CC3)nc3ccc(C)cn3c2=O)SC1=S. The van der Waals surface area contributed by atoms with E-state index in [0.717, 1.165) is 24.1 Å². The molecule has 2 saturated heterocycles. The van der Waals surface area contributed by atoms with Crippen molar-refractivity contribution in [3.8, 4) is 0 Å². The molecule has 1 aromatic carbocycles. The molecule has 2 aromatic heterocycles. The third-order valence-corrected chi connectivity index (χ3v) is 8.02. The number of thiocarbonyl (C=S) groups is 1. The molecule has 37 heavy (non-hydrogen) atoms. The highest BCUT2D eigenvalue weighted by Crippen LogP contribution is 2.34. The molecule has 0 saturated carbocycles. The number of anilines is 2. The standard InChI is InChI=1S/C27H28FN5O2S2/c1-3-4-11-32-26(35)22(37-27(32)36)16-21-24(29-23-10-5-18(2)17-33(23)25(21)34)31-14-12-30(13-15-31)20-8-6-19(28)7-9-20/h5-10,16-17H,3-4,11-15H2,1-2H3/b22-16-. The molecule has 5 rings (SSSR count). The number of amides is 1. The van der Waals surface area contributed by atoms with Crippen LogP contribution in [0.1, 0.15) is 30.9 Å². The molecule has 10 heteroatoms. The number of pyridine rings is 1. The molecule has 3 aromatic rings. The number of halogens is 1. The Morgan fingerprint density at radius 1 is 1.05 bits per heavy atom. The predicted molar refractivity (Wildman–Crippen MR) is 152 cm³/mol. The monoisotopic (exact) mass is 537 g/mol. The lowest BCUT2D eigenvalue weighted by atomic mass is 10.2. The second-order valence-electron chi connectivity index (χ2n) is 9.23. The van der Waals surface area contributed by atoms with Gasteiger partial charge in [-0.25, -0.2) is 9.37 Å². The highest BCUT2D eigenvalue weighted by atomic mass is 32.2. The van der Waals surface area contributed by atoms with Gasteiger partial charge in [-0.15, -0.1) is 0 Å². The molecule has 0 spiro atoms. The Bertz CT molecular complexity index is 1450. The summed E-state index contributed by atoms with van der Waals surface area (Å²) in [7, 11) is 0. The molecular weight excluding hydrogens is 509 g/mol. The van der Waals surface area contributed by atoms with Crippen molar-refractivity contribution in [1.29, 1.82) is 0 Å². The smallest absolute Gasteiger partial charge is 0.267 e. The zero-order valence-electron chi connectivity index (χ0n) is 20.8. The van der Waals surface area contributed by atoms with Crippen LogP contribution < -0.4 is 15.4 Å². The van der Waals surface area contributed by atoms with Crippen molar-refractivity contribution < 1.29 is 9.18 Å². The number of aromatic nitrogens is 2. The Morgan fingerprint density at radius 3 is 2.46 bits per heavy atom. The molecule has 2 fully saturated rings. The zero-order valence-corrected chi connectivity index (χ0v) is 22.4. The van der Waals surface area contributed by atoms with E-state index >= 15 is 0 Å². The minimum Gasteiger partial charge on any atom is -0.368 e. The fourth-order valence-electron chi connectivity index (χ4n) is 4.58. The van der Waals surface area contributed by atoms with Gasteiger partial charge in [-0.05, 0) is 55.3 Å². The van der Waals surface area contributed by atoms with E-state index in [9.17, 15) is 14.0 Å². The van der Waals surface area contributed by atoms with Crippen molar-refractivity contribution >= 4 is 57.4 Å². The van der Waals surface area contributed by atoms with Crippen LogP contribution in [0.15, 0.2) is 52.3 Å². The largest absolute Gasteiger partial charge is 0.368 e. The summed E-state index contributed by atoms with van der Waals surface area (Å²) >= 11 is 6.70. The summed E-state index contributed by atoms with van der Waals surface area (Å²) in [5, 5.41) is 0. The Kier molecular flexibility index (Phi) is 7.30. The fourth-order valence-corrected chi connectivity index (χ4v) is 5.87. The average molecular weight is 538 g/mol. The number of carbonyl (C=O) groups is 1. The first-order valence-electron chi connectivity index (χ1n) is 12.4. The van der Waals surface area contributed by atoms with E-state index < -0.39 is 0 Å². The van der Waals surface area contributed by atoms with Crippen molar-refractivity contribution in [1.82, 2.24) is 14.3 Å². The third kappa shape index (κ3) is 5.13. The van der Waals surface area contributed by atoms with E-state index in [1.165, 1.54) is 28.3 Å². The molecule has 0 radical (unpaired) electrons. The van der Waals surface area contributed by atoms with Crippen LogP contribution in [0.2, 0.25) is 0 Å². The maximum Gasteiger partial charge on any atom is 0.267 e. The quantitative estimate of drug-likeness (QED) is 0.340. The number of hydrogen-bond acceptors (Lipinski definition) is 7. The molecule has 192 valence electrons. The van der Waals surface area contributed by atoms with Crippen LogP contribution in [0, 0.1) is 12.7 Å². The van der Waals surface area contributed by atoms with E-state index in [1.54, 1.807) is 29.3 Å². The number of thioether (sulfide) groups is 1. The molecule has 4 heterocycles. The molecule has 2 aliphatic heterocycles. The van der Waals surface area contributed by atoms with Crippen LogP contribution in [-0.4, -0.2) is 57.2 Å². The highest BCUT2D eigenvalue weighted by Gasteiger charge is 2.32. The van der Waals surface area contributed by atoms with Gasteiger partial charge in [-0.2, -0.15) is 0 Å². The fraction of sp³-hybridized carbons (Fsp3) is 0.333. The van der Waals surface area contributed by atoms with E-state index in [1.807, 2.05) is 19.1 Å². The minimum atomic E-state index is -0.261. The summed E-state index contributed by atoms with van der Waals surface area (Å²) in [6.45, 7) is 7.21. The van der Waals surface area contributed by atoms with Crippen LogP contribution in [0.25, 0.3) is 11.7 Å². The maximum absolute atomic E-state index is 13.7. The predicted octanol–water partition coefficient (Wildman–Crippen LogP) is 4.47. The van der Waals surface area contributed by atoms with Gasteiger partial charge in [0, 0.05) is 44.6 Å². The number of aryl methyl sites for hydroxylation is 1. The first kappa shape index (κ1) is 25.4. The zero-order chi connectivity index (χ0) is 26.1. The van der Waals surface area contributed by atoms with Gasteiger partial charge in [-0.3, -0.25) is 18.9 Å². The van der Waals surface area contributed by atoms with E-state index in [2.05, 4.69) is 16.7 Å². The van der Waals surface area contributed by atoms with E-state index in [0.29, 0.717) is 59.0 Å². The molecular formula is C27H28FN5O2S2. The molecule has 0 atom stereocenters. The number of hydrogen-bond donors (Lipinski definition) is 0. The van der Waals surface area contributed by atoms with Gasteiger partial charge in [0.25, 0.3) is 11.5 Å². The molecule has 2 aliphatic rings. The maximum atomic E-state index is 13.7. The lowest BCUT2D eigenvalue weighted by Gasteiger charge is -2.37. The Morgan fingerprint density at radius 2 is 1.76 bits per heavy atom. The van der Waals surface area contributed by atoms with Crippen LogP contribution in [0.5, 0.6) is 0 Å². The molecule has 0 aliphatic carbocycles. The molecule has 0 unspecified atom stereocenters. The number of fused-ring (bicyclic) bond motifs is 1. The first-order chi connectivity index (χ1) is 17.9. The van der Waals surface area contributed by atoms with E-state index in [-0.39, 0.29) is 17.3 Å². The van der Waals surface area contributed by atoms with Crippen molar-refractivity contribution in [3.05, 3.63) is 74.8 Å². The second-order valence-corrected chi connectivity index (χ2v) is 10.9. The number of nitrogens with zero attached hydrogens (tertiary/aromatic N) is 5. The topological polar surface area (TPSA) is 61.2 Å². The van der Waals surface area contributed by atoms with Gasteiger partial charge in [0.1, 0.15) is 21.6 Å². The Labute approximate surface area is 224 Å². The average Bonchev–Trinajstić information content (AvgIpc) is 3.17. The van der Waals surface area contributed by atoms with Crippen LogP contribution >= 0.6 is 24.0 Å². The van der Waals surface area contributed by atoms with E-state index in [4.69, 9.17) is 17.2 Å². The highest BCUT2D eigenvalue weighted by molar-refractivity contribution is 8.26. The van der Waals surface area contributed by atoms with Crippen LogP contribution in [-0.2, 0) is 4.79 Å². The van der Waals surface area contributed by atoms with Crippen LogP contribution in [0.3, 0.4) is 0 Å². The minimum absolute atomic E-state index is 0.163. The summed E-state index contributed by atoms with van der Waals surface area (Å²) in [5.41, 5.74) is 2.62. The Balaban J connectivity index is 1.51. The number of unbranched alkanes of at least 4 members (excludes halogenated alkanes) is 1. The van der Waals surface area contributed by atoms with Crippen molar-refractivity contribution in [2.45, 2.75) is 26.7 Å². The Hall–Kier alpha value is -3.24. The summed E-state index contributed by atoms with van der Waals surface area (Å²) in [4.78, 5) is 38.1. The number of piperazine rings is 1. The van der Waals surface area contributed by atoms with Crippen molar-refractivity contribution in [3.63, 3.8) is 0 Å². The number of rotatable bonds is 6. The first-order valence-corrected chi connectivity index (χ1v) is 13.6. The van der Waals surface area contributed by atoms with Gasteiger partial charge in [0.15, 0.2) is 0 Å².